The number of hydrogen-bond acceptors (Lipinski definition) is 4. The number of carbonyl (C=O) groups excluding carboxylic acids is 2. The van der Waals surface area contributed by atoms with Crippen molar-refractivity contribution in [2.75, 3.05) is 20.2 Å². The van der Waals surface area contributed by atoms with Crippen LogP contribution in [0.4, 0.5) is 4.79 Å². The van der Waals surface area contributed by atoms with Gasteiger partial charge in [0, 0.05) is 30.5 Å². The van der Waals surface area contributed by atoms with Gasteiger partial charge in [-0.1, -0.05) is 79.2 Å². The highest BCUT2D eigenvalue weighted by molar-refractivity contribution is 6.30. The van der Waals surface area contributed by atoms with Crippen LogP contribution < -0.4 is 5.32 Å². The Morgan fingerprint density at radius 2 is 1.56 bits per heavy atom. The number of benzene rings is 3. The van der Waals surface area contributed by atoms with Crippen LogP contribution in [0.2, 0.25) is 5.02 Å². The zero-order valence-corrected chi connectivity index (χ0v) is 22.9. The van der Waals surface area contributed by atoms with E-state index < -0.39 is 24.0 Å². The van der Waals surface area contributed by atoms with Crippen molar-refractivity contribution in [2.45, 2.75) is 38.1 Å². The zero-order chi connectivity index (χ0) is 27.9. The van der Waals surface area contributed by atoms with Gasteiger partial charge in [-0.05, 0) is 52.8 Å². The lowest BCUT2D eigenvalue weighted by Crippen LogP contribution is -2.47. The molecule has 0 fully saturated rings. The van der Waals surface area contributed by atoms with Crippen molar-refractivity contribution < 1.29 is 24.2 Å². The summed E-state index contributed by atoms with van der Waals surface area (Å²) >= 11 is 6.04. The Morgan fingerprint density at radius 3 is 2.13 bits per heavy atom. The Kier molecular flexibility index (Phi) is 9.25. The number of carbonyl (C=O) groups is 3. The second kappa shape index (κ2) is 12.8. The molecule has 39 heavy (non-hydrogen) atoms. The van der Waals surface area contributed by atoms with Crippen molar-refractivity contribution in [3.63, 3.8) is 0 Å². The number of fused-ring (bicyclic) bond motifs is 3. The highest BCUT2D eigenvalue weighted by Gasteiger charge is 2.31. The highest BCUT2D eigenvalue weighted by Crippen LogP contribution is 2.44. The van der Waals surface area contributed by atoms with Crippen LogP contribution in [0.1, 0.15) is 42.4 Å². The molecule has 7 nitrogen and oxygen atoms in total. The van der Waals surface area contributed by atoms with E-state index in [1.165, 1.54) is 4.90 Å². The van der Waals surface area contributed by atoms with E-state index in [1.807, 2.05) is 36.4 Å². The van der Waals surface area contributed by atoms with E-state index in [4.69, 9.17) is 21.4 Å². The Labute approximate surface area is 233 Å². The van der Waals surface area contributed by atoms with Crippen molar-refractivity contribution >= 4 is 29.6 Å². The molecule has 3 aromatic carbocycles. The number of nitrogens with one attached hydrogen (secondary N) is 1. The molecule has 0 radical (unpaired) electrons. The Morgan fingerprint density at radius 1 is 0.974 bits per heavy atom. The van der Waals surface area contributed by atoms with Crippen molar-refractivity contribution in [3.05, 3.63) is 94.5 Å². The summed E-state index contributed by atoms with van der Waals surface area (Å²) in [5.74, 6) is -2.07. The Bertz CT molecular complexity index is 1280. The zero-order valence-electron chi connectivity index (χ0n) is 22.1. The normalized spacial score (nSPS) is 13.6. The predicted molar refractivity (Wildman–Crippen MR) is 151 cm³/mol. The molecule has 2 N–H and O–H groups in total. The number of hydrogen-bond donors (Lipinski definition) is 2. The maximum absolute atomic E-state index is 13.3. The molecule has 0 heterocycles. The van der Waals surface area contributed by atoms with E-state index in [0.717, 1.165) is 27.8 Å². The van der Waals surface area contributed by atoms with Crippen molar-refractivity contribution in [3.8, 4) is 11.1 Å². The molecule has 0 bridgehead atoms. The van der Waals surface area contributed by atoms with Crippen molar-refractivity contribution in [2.24, 2.45) is 5.92 Å². The molecule has 0 saturated heterocycles. The average molecular weight is 549 g/mol. The number of nitrogens with zero attached hydrogens (tertiary/aromatic N) is 1. The Hall–Kier alpha value is -3.84. The fourth-order valence-corrected chi connectivity index (χ4v) is 5.21. The van der Waals surface area contributed by atoms with Gasteiger partial charge in [0.15, 0.2) is 0 Å². The molecular formula is C31H33ClN2O5. The number of halogens is 1. The smallest absolute Gasteiger partial charge is 0.409 e. The summed E-state index contributed by atoms with van der Waals surface area (Å²) in [4.78, 5) is 38.6. The number of carboxylic acids is 1. The fourth-order valence-electron chi connectivity index (χ4n) is 5.08. The van der Waals surface area contributed by atoms with Gasteiger partial charge in [0.2, 0.25) is 5.91 Å². The van der Waals surface area contributed by atoms with Gasteiger partial charge in [0.1, 0.15) is 6.61 Å². The molecule has 2 atom stereocenters. The summed E-state index contributed by atoms with van der Waals surface area (Å²) in [5, 5.41) is 12.6. The molecular weight excluding hydrogens is 516 g/mol. The summed E-state index contributed by atoms with van der Waals surface area (Å²) in [6.45, 7) is 2.12. The molecule has 8 heteroatoms. The number of rotatable bonds is 11. The number of aliphatic carboxylic acids is 1. The van der Waals surface area contributed by atoms with E-state index in [9.17, 15) is 14.4 Å². The summed E-state index contributed by atoms with van der Waals surface area (Å²) < 4.78 is 5.84. The molecule has 1 aliphatic rings. The van der Waals surface area contributed by atoms with Crippen LogP contribution in [0.15, 0.2) is 72.8 Å². The lowest BCUT2D eigenvalue weighted by molar-refractivity contribution is -0.141. The first-order valence-corrected chi connectivity index (χ1v) is 13.5. The maximum Gasteiger partial charge on any atom is 0.409 e. The first-order chi connectivity index (χ1) is 18.8. The van der Waals surface area contributed by atoms with Crippen LogP contribution in [-0.4, -0.2) is 54.2 Å². The fraction of sp³-hybridized carbons (Fsp3) is 0.323. The first-order valence-electron chi connectivity index (χ1n) is 13.1. The number of carboxylic acid groups (broad SMARTS) is 1. The van der Waals surface area contributed by atoms with Crippen molar-refractivity contribution in [1.29, 1.82) is 0 Å². The van der Waals surface area contributed by atoms with Crippen LogP contribution in [0.25, 0.3) is 11.1 Å². The van der Waals surface area contributed by atoms with E-state index in [0.29, 0.717) is 17.9 Å². The van der Waals surface area contributed by atoms with Gasteiger partial charge in [-0.3, -0.25) is 9.59 Å². The lowest BCUT2D eigenvalue weighted by atomic mass is 9.98. The molecule has 1 aliphatic carbocycles. The Balaban J connectivity index is 1.46. The van der Waals surface area contributed by atoms with Gasteiger partial charge in [0.25, 0.3) is 0 Å². The van der Waals surface area contributed by atoms with E-state index in [2.05, 4.69) is 29.6 Å². The predicted octanol–water partition coefficient (Wildman–Crippen LogP) is 5.75. The van der Waals surface area contributed by atoms with Gasteiger partial charge < -0.3 is 20.1 Å². The molecule has 0 aliphatic heterocycles. The largest absolute Gasteiger partial charge is 0.481 e. The van der Waals surface area contributed by atoms with Crippen molar-refractivity contribution in [1.82, 2.24) is 10.2 Å². The quantitative estimate of drug-likeness (QED) is 0.318. The monoisotopic (exact) mass is 548 g/mol. The number of ether oxygens (including phenoxy) is 1. The second-order valence-corrected chi connectivity index (χ2v) is 10.3. The first kappa shape index (κ1) is 28.2. The molecule has 3 aromatic rings. The average Bonchev–Trinajstić information content (AvgIpc) is 3.26. The standard InChI is InChI=1S/C31H33ClN2O5/c1-3-21(17-29(35)36)30(37)33-18-23(16-20-12-14-22(32)15-13-20)34(2)31(38)39-19-28-26-10-6-4-8-24(26)25-9-5-7-11-27(25)28/h4-15,21,23,28H,3,16-19H2,1-2H3,(H,33,37)(H,35,36). The maximum atomic E-state index is 13.3. The minimum Gasteiger partial charge on any atom is -0.481 e. The molecule has 2 amide bonds. The van der Waals surface area contributed by atoms with Gasteiger partial charge in [-0.25, -0.2) is 4.79 Å². The highest BCUT2D eigenvalue weighted by atomic mass is 35.5. The molecule has 0 aromatic heterocycles. The van der Waals surface area contributed by atoms with Gasteiger partial charge in [-0.2, -0.15) is 0 Å². The van der Waals surface area contributed by atoms with Crippen LogP contribution in [0.5, 0.6) is 0 Å². The SMILES string of the molecule is CCC(CC(=O)O)C(=O)NCC(Cc1ccc(Cl)cc1)N(C)C(=O)OCC1c2ccccc2-c2ccccc21. The topological polar surface area (TPSA) is 95.9 Å². The molecule has 204 valence electrons. The third-order valence-electron chi connectivity index (χ3n) is 7.35. The molecule has 0 spiro atoms. The third-order valence-corrected chi connectivity index (χ3v) is 7.60. The van der Waals surface area contributed by atoms with Crippen LogP contribution >= 0.6 is 11.6 Å². The van der Waals surface area contributed by atoms with Gasteiger partial charge in [0.05, 0.1) is 12.5 Å². The summed E-state index contributed by atoms with van der Waals surface area (Å²) in [6, 6.07) is 23.2. The lowest BCUT2D eigenvalue weighted by Gasteiger charge is -2.29. The second-order valence-electron chi connectivity index (χ2n) is 9.85. The van der Waals surface area contributed by atoms with E-state index in [-0.39, 0.29) is 31.4 Å². The minimum atomic E-state index is -1.02. The molecule has 4 rings (SSSR count). The summed E-state index contributed by atoms with van der Waals surface area (Å²) in [5.41, 5.74) is 5.50. The molecule has 2 unspecified atom stereocenters. The minimum absolute atomic E-state index is 0.0644. The van der Waals surface area contributed by atoms with E-state index >= 15 is 0 Å². The number of amides is 2. The van der Waals surface area contributed by atoms with Crippen LogP contribution in [0.3, 0.4) is 0 Å². The van der Waals surface area contributed by atoms with Crippen LogP contribution in [0, 0.1) is 5.92 Å². The number of likely N-dealkylation sites (N-methyl/N-ethyl adjacent to an activating group) is 1. The summed E-state index contributed by atoms with van der Waals surface area (Å²) in [6.07, 6.45) is 0.116. The van der Waals surface area contributed by atoms with Crippen LogP contribution in [-0.2, 0) is 20.7 Å². The van der Waals surface area contributed by atoms with E-state index in [1.54, 1.807) is 26.1 Å². The van der Waals surface area contributed by atoms with Gasteiger partial charge >= 0.3 is 12.1 Å². The summed E-state index contributed by atoms with van der Waals surface area (Å²) in [7, 11) is 1.65. The van der Waals surface area contributed by atoms with Gasteiger partial charge in [-0.15, -0.1) is 0 Å². The third kappa shape index (κ3) is 6.79. The molecule has 0 saturated carbocycles.